The Morgan fingerprint density at radius 2 is 1.76 bits per heavy atom. The van der Waals surface area contributed by atoms with Crippen LogP contribution in [0.15, 0.2) is 23.1 Å². The van der Waals surface area contributed by atoms with Crippen molar-refractivity contribution in [2.75, 3.05) is 39.4 Å². The lowest BCUT2D eigenvalue weighted by Crippen LogP contribution is -2.51. The van der Waals surface area contributed by atoms with Crippen LogP contribution in [0.1, 0.15) is 6.42 Å². The molecule has 2 saturated heterocycles. The zero-order valence-electron chi connectivity index (χ0n) is 15.4. The van der Waals surface area contributed by atoms with Crippen molar-refractivity contribution in [2.24, 2.45) is 0 Å². The van der Waals surface area contributed by atoms with Gasteiger partial charge in [-0.3, -0.25) is 14.9 Å². The Bertz CT molecular complexity index is 957. The summed E-state index contributed by atoms with van der Waals surface area (Å²) in [5, 5.41) is 4.45. The maximum Gasteiger partial charge on any atom is 0.322 e. The van der Waals surface area contributed by atoms with Crippen molar-refractivity contribution in [3.63, 3.8) is 0 Å². The fourth-order valence-electron chi connectivity index (χ4n) is 3.42. The third-order valence-electron chi connectivity index (χ3n) is 4.98. The van der Waals surface area contributed by atoms with Gasteiger partial charge in [0.1, 0.15) is 19.3 Å². The van der Waals surface area contributed by atoms with E-state index >= 15 is 0 Å². The van der Waals surface area contributed by atoms with E-state index in [4.69, 9.17) is 9.47 Å². The number of nitrogens with one attached hydrogen (secondary N) is 2. The second-order valence-corrected chi connectivity index (χ2v) is 8.75. The summed E-state index contributed by atoms with van der Waals surface area (Å²) in [5.74, 6) is 0.0450. The zero-order valence-corrected chi connectivity index (χ0v) is 16.2. The van der Waals surface area contributed by atoms with Crippen molar-refractivity contribution in [3.8, 4) is 11.5 Å². The molecule has 3 aliphatic heterocycles. The molecular formula is C17H20N4O7S. The lowest BCUT2D eigenvalue weighted by molar-refractivity contribution is -0.134. The minimum Gasteiger partial charge on any atom is -0.486 e. The van der Waals surface area contributed by atoms with Crippen molar-refractivity contribution in [2.45, 2.75) is 17.4 Å². The minimum absolute atomic E-state index is 0.104. The summed E-state index contributed by atoms with van der Waals surface area (Å²) < 4.78 is 38.0. The summed E-state index contributed by atoms with van der Waals surface area (Å²) in [6.45, 7) is 1.44. The molecule has 0 radical (unpaired) electrons. The molecule has 0 saturated carbocycles. The Labute approximate surface area is 167 Å². The van der Waals surface area contributed by atoms with Crippen LogP contribution in [-0.2, 0) is 19.6 Å². The Morgan fingerprint density at radius 1 is 1.07 bits per heavy atom. The summed E-state index contributed by atoms with van der Waals surface area (Å²) in [6, 6.07) is 2.98. The van der Waals surface area contributed by atoms with Crippen LogP contribution in [0.5, 0.6) is 11.5 Å². The van der Waals surface area contributed by atoms with E-state index in [1.165, 1.54) is 21.3 Å². The molecule has 0 aliphatic carbocycles. The van der Waals surface area contributed by atoms with E-state index in [2.05, 4.69) is 10.6 Å². The van der Waals surface area contributed by atoms with E-state index in [0.717, 1.165) is 0 Å². The van der Waals surface area contributed by atoms with Crippen LogP contribution in [0.25, 0.3) is 0 Å². The van der Waals surface area contributed by atoms with E-state index in [1.54, 1.807) is 6.07 Å². The number of imide groups is 1. The quantitative estimate of drug-likeness (QED) is 0.585. The van der Waals surface area contributed by atoms with Crippen LogP contribution in [0.2, 0.25) is 0 Å². The molecule has 4 amide bonds. The number of hydrogen-bond donors (Lipinski definition) is 2. The maximum atomic E-state index is 12.9. The van der Waals surface area contributed by atoms with Gasteiger partial charge in [0.2, 0.25) is 15.9 Å². The maximum absolute atomic E-state index is 12.9. The van der Waals surface area contributed by atoms with Crippen molar-refractivity contribution in [1.29, 1.82) is 0 Å². The summed E-state index contributed by atoms with van der Waals surface area (Å²) in [7, 11) is -3.74. The number of amides is 4. The van der Waals surface area contributed by atoms with Crippen LogP contribution in [0.4, 0.5) is 4.79 Å². The highest BCUT2D eigenvalue weighted by Crippen LogP contribution is 2.33. The fourth-order valence-corrected chi connectivity index (χ4v) is 4.86. The topological polar surface area (TPSA) is 134 Å². The average molecular weight is 424 g/mol. The molecule has 0 unspecified atom stereocenters. The molecule has 0 aromatic heterocycles. The second-order valence-electron chi connectivity index (χ2n) is 6.81. The molecule has 1 atom stereocenters. The van der Waals surface area contributed by atoms with Gasteiger partial charge in [0.15, 0.2) is 11.5 Å². The molecule has 29 heavy (non-hydrogen) atoms. The van der Waals surface area contributed by atoms with Gasteiger partial charge < -0.3 is 19.7 Å². The van der Waals surface area contributed by atoms with E-state index in [0.29, 0.717) is 24.7 Å². The van der Waals surface area contributed by atoms with Crippen LogP contribution >= 0.6 is 0 Å². The van der Waals surface area contributed by atoms with Crippen molar-refractivity contribution in [1.82, 2.24) is 19.8 Å². The van der Waals surface area contributed by atoms with Gasteiger partial charge in [-0.2, -0.15) is 4.31 Å². The summed E-state index contributed by atoms with van der Waals surface area (Å²) >= 11 is 0. The number of sulfonamides is 1. The number of hydrogen-bond acceptors (Lipinski definition) is 7. The smallest absolute Gasteiger partial charge is 0.322 e. The van der Waals surface area contributed by atoms with E-state index in [9.17, 15) is 22.8 Å². The van der Waals surface area contributed by atoms with Crippen LogP contribution in [-0.4, -0.2) is 80.9 Å². The van der Waals surface area contributed by atoms with Crippen LogP contribution in [0, 0.1) is 0 Å². The molecule has 2 N–H and O–H groups in total. The molecule has 4 rings (SSSR count). The average Bonchev–Trinajstić information content (AvgIpc) is 3.04. The molecule has 3 heterocycles. The Balaban J connectivity index is 1.38. The van der Waals surface area contributed by atoms with Gasteiger partial charge in [0.25, 0.3) is 5.91 Å². The van der Waals surface area contributed by atoms with Gasteiger partial charge in [-0.05, 0) is 12.1 Å². The summed E-state index contributed by atoms with van der Waals surface area (Å²) in [5.41, 5.74) is 0. The highest BCUT2D eigenvalue weighted by atomic mass is 32.2. The third-order valence-corrected chi connectivity index (χ3v) is 6.87. The van der Waals surface area contributed by atoms with E-state index < -0.39 is 28.0 Å². The van der Waals surface area contributed by atoms with Crippen LogP contribution in [0.3, 0.4) is 0 Å². The molecule has 3 aliphatic rings. The van der Waals surface area contributed by atoms with Crippen molar-refractivity contribution < 1.29 is 32.3 Å². The largest absolute Gasteiger partial charge is 0.486 e. The molecule has 0 bridgehead atoms. The first-order valence-electron chi connectivity index (χ1n) is 9.13. The van der Waals surface area contributed by atoms with Gasteiger partial charge in [-0.1, -0.05) is 0 Å². The summed E-state index contributed by atoms with van der Waals surface area (Å²) in [4.78, 5) is 36.7. The number of carbonyl (C=O) groups excluding carboxylic acids is 3. The molecule has 0 spiro atoms. The van der Waals surface area contributed by atoms with Gasteiger partial charge in [0, 0.05) is 32.2 Å². The molecular weight excluding hydrogens is 404 g/mol. The van der Waals surface area contributed by atoms with Gasteiger partial charge >= 0.3 is 6.03 Å². The predicted octanol–water partition coefficient (Wildman–Crippen LogP) is -1.11. The predicted molar refractivity (Wildman–Crippen MR) is 97.9 cm³/mol. The molecule has 156 valence electrons. The highest BCUT2D eigenvalue weighted by molar-refractivity contribution is 7.89. The Morgan fingerprint density at radius 3 is 2.41 bits per heavy atom. The molecule has 1 aromatic carbocycles. The highest BCUT2D eigenvalue weighted by Gasteiger charge is 2.35. The minimum atomic E-state index is -3.74. The number of nitrogens with zero attached hydrogens (tertiary/aromatic N) is 2. The molecule has 11 nitrogen and oxygen atoms in total. The molecule has 12 heteroatoms. The lowest BCUT2D eigenvalue weighted by Gasteiger charge is -2.34. The number of piperazine rings is 1. The van der Waals surface area contributed by atoms with Crippen molar-refractivity contribution in [3.05, 3.63) is 18.2 Å². The van der Waals surface area contributed by atoms with E-state index in [1.807, 2.05) is 0 Å². The van der Waals surface area contributed by atoms with Crippen LogP contribution < -0.4 is 20.1 Å². The third kappa shape index (κ3) is 3.85. The first-order valence-corrected chi connectivity index (χ1v) is 10.6. The Hall–Kier alpha value is -2.86. The lowest BCUT2D eigenvalue weighted by atomic mass is 10.2. The zero-order chi connectivity index (χ0) is 20.6. The first kappa shape index (κ1) is 19.5. The van der Waals surface area contributed by atoms with Gasteiger partial charge in [-0.15, -0.1) is 0 Å². The SMILES string of the molecule is O=C1NC(=O)[C@H](CC(=O)N2CCN(S(=O)(=O)c3ccc4c(c3)OCCO4)CC2)N1. The monoisotopic (exact) mass is 424 g/mol. The van der Waals surface area contributed by atoms with Gasteiger partial charge in [0.05, 0.1) is 11.3 Å². The Kier molecular flexibility index (Phi) is 5.04. The number of fused-ring (bicyclic) bond motifs is 1. The molecule has 1 aromatic rings. The normalized spacial score (nSPS) is 22.2. The fraction of sp³-hybridized carbons (Fsp3) is 0.471. The standard InChI is InChI=1S/C17H20N4O7S/c22-15(10-12-16(23)19-17(24)18-12)20-3-5-21(6-4-20)29(25,26)11-1-2-13-14(9-11)28-8-7-27-13/h1-2,9,12H,3-8,10H2,(H2,18,19,23,24)/t12-/m0/s1. The second kappa shape index (κ2) is 7.52. The number of benzene rings is 1. The number of rotatable bonds is 4. The number of carbonyl (C=O) groups is 3. The number of ether oxygens (including phenoxy) is 2. The first-order chi connectivity index (χ1) is 13.8. The van der Waals surface area contributed by atoms with Crippen molar-refractivity contribution >= 4 is 27.9 Å². The molecule has 2 fully saturated rings. The summed E-state index contributed by atoms with van der Waals surface area (Å²) in [6.07, 6.45) is -0.160. The number of urea groups is 1. The van der Waals surface area contributed by atoms with E-state index in [-0.39, 0.29) is 43.4 Å². The van der Waals surface area contributed by atoms with Gasteiger partial charge in [-0.25, -0.2) is 13.2 Å².